The van der Waals surface area contributed by atoms with Crippen molar-refractivity contribution < 1.29 is 4.39 Å². The number of nitrogens with one attached hydrogen (secondary N) is 2. The summed E-state index contributed by atoms with van der Waals surface area (Å²) in [5.41, 5.74) is 3.53. The van der Waals surface area contributed by atoms with Crippen molar-refractivity contribution in [1.29, 1.82) is 0 Å². The molecule has 3 aromatic rings. The Morgan fingerprint density at radius 2 is 1.70 bits per heavy atom. The van der Waals surface area contributed by atoms with Crippen LogP contribution in [0.5, 0.6) is 0 Å². The smallest absolute Gasteiger partial charge is 0.249 e. The van der Waals surface area contributed by atoms with Crippen LogP contribution in [-0.4, -0.2) is 15.2 Å². The molecule has 0 atom stereocenters. The molecule has 116 valence electrons. The zero-order valence-corrected chi connectivity index (χ0v) is 12.8. The first-order chi connectivity index (χ1) is 11.1. The molecule has 23 heavy (non-hydrogen) atoms. The van der Waals surface area contributed by atoms with Gasteiger partial charge in [0.1, 0.15) is 5.82 Å². The largest absolute Gasteiger partial charge is 0.336 e. The van der Waals surface area contributed by atoms with Crippen molar-refractivity contribution in [2.24, 2.45) is 0 Å². The highest BCUT2D eigenvalue weighted by molar-refractivity contribution is 5.62. The molecule has 2 N–H and O–H groups in total. The molecule has 0 aliphatic heterocycles. The summed E-state index contributed by atoms with van der Waals surface area (Å²) < 4.78 is 13.7. The van der Waals surface area contributed by atoms with Crippen molar-refractivity contribution in [2.75, 3.05) is 10.6 Å². The van der Waals surface area contributed by atoms with Crippen LogP contribution in [0, 0.1) is 19.7 Å². The minimum atomic E-state index is -0.352. The molecule has 1 heterocycles. The average Bonchev–Trinajstić information content (AvgIpc) is 2.55. The van der Waals surface area contributed by atoms with E-state index in [0.717, 1.165) is 11.3 Å². The van der Waals surface area contributed by atoms with Crippen molar-refractivity contribution in [3.63, 3.8) is 0 Å². The summed E-state index contributed by atoms with van der Waals surface area (Å²) in [5.74, 6) is 0.410. The van der Waals surface area contributed by atoms with Crippen LogP contribution in [0.3, 0.4) is 0 Å². The number of hydrogen-bond acceptors (Lipinski definition) is 5. The van der Waals surface area contributed by atoms with Crippen molar-refractivity contribution in [2.45, 2.75) is 13.8 Å². The van der Waals surface area contributed by atoms with Gasteiger partial charge in [-0.3, -0.25) is 0 Å². The molecule has 0 bridgehead atoms. The van der Waals surface area contributed by atoms with Gasteiger partial charge in [0.15, 0.2) is 5.82 Å². The molecule has 0 radical (unpaired) electrons. The second-order valence-corrected chi connectivity index (χ2v) is 5.14. The minimum absolute atomic E-state index is 0.339. The Hall–Kier alpha value is -3.02. The molecule has 0 amide bonds. The maximum absolute atomic E-state index is 13.7. The zero-order chi connectivity index (χ0) is 16.2. The lowest BCUT2D eigenvalue weighted by Gasteiger charge is -2.11. The summed E-state index contributed by atoms with van der Waals surface area (Å²) in [6.07, 6.45) is 1.45. The van der Waals surface area contributed by atoms with Crippen LogP contribution in [0.25, 0.3) is 0 Å². The molecule has 5 nitrogen and oxygen atoms in total. The average molecular weight is 309 g/mol. The number of nitrogens with zero attached hydrogens (tertiary/aromatic N) is 3. The van der Waals surface area contributed by atoms with Crippen molar-refractivity contribution >= 4 is 23.1 Å². The molecule has 1 aromatic heterocycles. The molecule has 3 rings (SSSR count). The summed E-state index contributed by atoms with van der Waals surface area (Å²) in [6, 6.07) is 12.3. The first kappa shape index (κ1) is 14.9. The van der Waals surface area contributed by atoms with Gasteiger partial charge in [0.05, 0.1) is 11.9 Å². The third-order valence-electron chi connectivity index (χ3n) is 3.55. The minimum Gasteiger partial charge on any atom is -0.336 e. The Bertz CT molecular complexity index is 835. The highest BCUT2D eigenvalue weighted by atomic mass is 19.1. The van der Waals surface area contributed by atoms with E-state index < -0.39 is 0 Å². The van der Waals surface area contributed by atoms with E-state index in [1.165, 1.54) is 17.8 Å². The van der Waals surface area contributed by atoms with E-state index in [1.54, 1.807) is 18.2 Å². The first-order valence-corrected chi connectivity index (χ1v) is 7.18. The fourth-order valence-corrected chi connectivity index (χ4v) is 2.12. The molecule has 0 saturated carbocycles. The summed E-state index contributed by atoms with van der Waals surface area (Å²) in [6.45, 7) is 4.06. The van der Waals surface area contributed by atoms with E-state index in [0.29, 0.717) is 17.5 Å². The van der Waals surface area contributed by atoms with E-state index in [9.17, 15) is 4.39 Å². The highest BCUT2D eigenvalue weighted by Crippen LogP contribution is 2.22. The number of para-hydroxylation sites is 1. The molecular formula is C17H16FN5. The van der Waals surface area contributed by atoms with Crippen LogP contribution in [0.2, 0.25) is 0 Å². The molecule has 0 unspecified atom stereocenters. The third-order valence-corrected chi connectivity index (χ3v) is 3.55. The number of benzene rings is 2. The number of aromatic nitrogens is 3. The molecule has 0 aliphatic carbocycles. The van der Waals surface area contributed by atoms with Crippen LogP contribution in [0.1, 0.15) is 11.1 Å². The number of halogens is 1. The Kier molecular flexibility index (Phi) is 4.14. The second kappa shape index (κ2) is 6.39. The summed E-state index contributed by atoms with van der Waals surface area (Å²) in [7, 11) is 0. The predicted molar refractivity (Wildman–Crippen MR) is 88.7 cm³/mol. The van der Waals surface area contributed by atoms with Crippen LogP contribution < -0.4 is 10.6 Å². The van der Waals surface area contributed by atoms with Crippen molar-refractivity contribution in [3.05, 3.63) is 65.6 Å². The SMILES string of the molecule is Cc1cccc(Nc2nncc(Nc3ccccc3F)n2)c1C. The molecular weight excluding hydrogens is 293 g/mol. The Morgan fingerprint density at radius 1 is 0.913 bits per heavy atom. The lowest BCUT2D eigenvalue weighted by atomic mass is 10.1. The number of anilines is 4. The Balaban J connectivity index is 1.83. The quantitative estimate of drug-likeness (QED) is 0.759. The number of aryl methyl sites for hydroxylation is 1. The van der Waals surface area contributed by atoms with Gasteiger partial charge in [0.2, 0.25) is 5.95 Å². The van der Waals surface area contributed by atoms with Gasteiger partial charge in [0.25, 0.3) is 0 Å². The topological polar surface area (TPSA) is 62.7 Å². The normalized spacial score (nSPS) is 10.4. The molecule has 0 aliphatic rings. The van der Waals surface area contributed by atoms with Gasteiger partial charge < -0.3 is 10.6 Å². The van der Waals surface area contributed by atoms with Crippen LogP contribution in [0.15, 0.2) is 48.7 Å². The lowest BCUT2D eigenvalue weighted by Crippen LogP contribution is -2.04. The number of rotatable bonds is 4. The number of hydrogen-bond donors (Lipinski definition) is 2. The molecule has 0 fully saturated rings. The van der Waals surface area contributed by atoms with Crippen LogP contribution in [-0.2, 0) is 0 Å². The van der Waals surface area contributed by atoms with Crippen LogP contribution >= 0.6 is 0 Å². The molecule has 0 spiro atoms. The van der Waals surface area contributed by atoms with Gasteiger partial charge in [0, 0.05) is 5.69 Å². The van der Waals surface area contributed by atoms with E-state index in [1.807, 2.05) is 32.0 Å². The second-order valence-electron chi connectivity index (χ2n) is 5.14. The van der Waals surface area contributed by atoms with E-state index in [2.05, 4.69) is 25.8 Å². The molecule has 0 saturated heterocycles. The van der Waals surface area contributed by atoms with Gasteiger partial charge in [-0.05, 0) is 43.2 Å². The van der Waals surface area contributed by atoms with E-state index in [4.69, 9.17) is 0 Å². The summed E-state index contributed by atoms with van der Waals surface area (Å²) >= 11 is 0. The first-order valence-electron chi connectivity index (χ1n) is 7.18. The van der Waals surface area contributed by atoms with Gasteiger partial charge in [-0.15, -0.1) is 5.10 Å². The lowest BCUT2D eigenvalue weighted by molar-refractivity contribution is 0.632. The van der Waals surface area contributed by atoms with Gasteiger partial charge >= 0.3 is 0 Å². The predicted octanol–water partition coefficient (Wildman–Crippen LogP) is 4.11. The fraction of sp³-hybridized carbons (Fsp3) is 0.118. The molecule has 2 aromatic carbocycles. The monoisotopic (exact) mass is 309 g/mol. The third kappa shape index (κ3) is 3.42. The Morgan fingerprint density at radius 3 is 2.52 bits per heavy atom. The summed E-state index contributed by atoms with van der Waals surface area (Å²) in [4.78, 5) is 4.31. The fourth-order valence-electron chi connectivity index (χ4n) is 2.12. The van der Waals surface area contributed by atoms with Crippen molar-refractivity contribution in [1.82, 2.24) is 15.2 Å². The maximum atomic E-state index is 13.7. The standard InChI is InChI=1S/C17H16FN5/c1-11-6-5-9-14(12(11)2)21-17-22-16(10-19-23-17)20-15-8-4-3-7-13(15)18/h3-10H,1-2H3,(H2,20,21,22,23). The van der Waals surface area contributed by atoms with Gasteiger partial charge in [-0.25, -0.2) is 4.39 Å². The van der Waals surface area contributed by atoms with Gasteiger partial charge in [-0.2, -0.15) is 10.1 Å². The van der Waals surface area contributed by atoms with Gasteiger partial charge in [-0.1, -0.05) is 24.3 Å². The van der Waals surface area contributed by atoms with E-state index >= 15 is 0 Å². The molecule has 6 heteroatoms. The Labute approximate surface area is 133 Å². The summed E-state index contributed by atoms with van der Waals surface area (Å²) in [5, 5.41) is 13.9. The van der Waals surface area contributed by atoms with E-state index in [-0.39, 0.29) is 5.82 Å². The zero-order valence-electron chi connectivity index (χ0n) is 12.8. The maximum Gasteiger partial charge on any atom is 0.249 e. The highest BCUT2D eigenvalue weighted by Gasteiger charge is 2.06. The van der Waals surface area contributed by atoms with Crippen LogP contribution in [0.4, 0.5) is 27.5 Å². The van der Waals surface area contributed by atoms with Crippen molar-refractivity contribution in [3.8, 4) is 0 Å².